The molecule has 0 bridgehead atoms. The van der Waals surface area contributed by atoms with Crippen molar-refractivity contribution in [2.75, 3.05) is 0 Å². The van der Waals surface area contributed by atoms with E-state index in [-0.39, 0.29) is 23.8 Å². The number of nitrogens with one attached hydrogen (secondary N) is 1. The summed E-state index contributed by atoms with van der Waals surface area (Å²) < 4.78 is 18.2. The third-order valence-electron chi connectivity index (χ3n) is 3.84. The van der Waals surface area contributed by atoms with Crippen LogP contribution in [-0.2, 0) is 16.1 Å². The number of amides is 1. The Balaban J connectivity index is 1.98. The second kappa shape index (κ2) is 8.88. The number of benzene rings is 2. The van der Waals surface area contributed by atoms with Crippen molar-refractivity contribution in [2.24, 2.45) is 5.92 Å². The molecule has 0 saturated carbocycles. The van der Waals surface area contributed by atoms with E-state index in [2.05, 4.69) is 5.32 Å². The molecular weight excluding hydrogens is 355 g/mol. The Hall–Kier alpha value is -3.29. The minimum Gasteiger partial charge on any atom is -0.459 e. The number of nitrogens with zero attached hydrogens (tertiary/aromatic N) is 1. The summed E-state index contributed by atoms with van der Waals surface area (Å²) in [5.41, 5.74) is 0.753. The molecule has 27 heavy (non-hydrogen) atoms. The lowest BCUT2D eigenvalue weighted by atomic mass is 10.0. The second-order valence-corrected chi connectivity index (χ2v) is 6.23. The quantitative estimate of drug-likeness (QED) is 0.456. The summed E-state index contributed by atoms with van der Waals surface area (Å²) in [5.74, 6) is -1.84. The van der Waals surface area contributed by atoms with Gasteiger partial charge in [0.15, 0.2) is 0 Å². The summed E-state index contributed by atoms with van der Waals surface area (Å²) in [5, 5.41) is 13.2. The first-order chi connectivity index (χ1) is 12.8. The van der Waals surface area contributed by atoms with Crippen LogP contribution >= 0.6 is 0 Å². The molecule has 1 amide bonds. The Kier molecular flexibility index (Phi) is 6.59. The average molecular weight is 374 g/mol. The Morgan fingerprint density at radius 1 is 1.11 bits per heavy atom. The number of halogens is 1. The highest BCUT2D eigenvalue weighted by molar-refractivity contribution is 5.96. The Bertz CT molecular complexity index is 819. The molecule has 0 aliphatic heterocycles. The summed E-state index contributed by atoms with van der Waals surface area (Å²) >= 11 is 0. The third kappa shape index (κ3) is 5.60. The highest BCUT2D eigenvalue weighted by Crippen LogP contribution is 2.14. The Morgan fingerprint density at radius 2 is 1.70 bits per heavy atom. The van der Waals surface area contributed by atoms with E-state index >= 15 is 0 Å². The molecule has 1 unspecified atom stereocenters. The molecule has 0 aromatic heterocycles. The van der Waals surface area contributed by atoms with E-state index in [0.29, 0.717) is 5.56 Å². The first kappa shape index (κ1) is 20.0. The number of carbonyl (C=O) groups excluding carboxylic acids is 2. The number of hydrogen-bond acceptors (Lipinski definition) is 5. The van der Waals surface area contributed by atoms with Crippen LogP contribution in [0, 0.1) is 21.8 Å². The maximum absolute atomic E-state index is 13.0. The van der Waals surface area contributed by atoms with Gasteiger partial charge in [0.1, 0.15) is 18.5 Å². The molecule has 2 rings (SSSR count). The number of carbonyl (C=O) groups is 2. The Labute approximate surface area is 155 Å². The highest BCUT2D eigenvalue weighted by atomic mass is 19.1. The van der Waals surface area contributed by atoms with Crippen LogP contribution < -0.4 is 5.32 Å². The zero-order chi connectivity index (χ0) is 20.0. The molecular formula is C19H19FN2O5. The predicted molar refractivity (Wildman–Crippen MR) is 95.4 cm³/mol. The number of nitro benzene ring substituents is 1. The highest BCUT2D eigenvalue weighted by Gasteiger charge is 2.26. The van der Waals surface area contributed by atoms with Gasteiger partial charge in [-0.1, -0.05) is 13.8 Å². The van der Waals surface area contributed by atoms with Gasteiger partial charge in [0, 0.05) is 17.7 Å². The van der Waals surface area contributed by atoms with Crippen LogP contribution in [0.25, 0.3) is 0 Å². The van der Waals surface area contributed by atoms with E-state index in [4.69, 9.17) is 4.74 Å². The molecule has 2 aromatic carbocycles. The van der Waals surface area contributed by atoms with Gasteiger partial charge in [-0.05, 0) is 47.9 Å². The van der Waals surface area contributed by atoms with Gasteiger partial charge in [0.05, 0.1) is 4.92 Å². The van der Waals surface area contributed by atoms with Gasteiger partial charge >= 0.3 is 5.97 Å². The van der Waals surface area contributed by atoms with Gasteiger partial charge in [0.25, 0.3) is 11.6 Å². The van der Waals surface area contributed by atoms with Gasteiger partial charge in [-0.2, -0.15) is 0 Å². The van der Waals surface area contributed by atoms with Gasteiger partial charge < -0.3 is 10.1 Å². The van der Waals surface area contributed by atoms with Crippen molar-refractivity contribution in [1.29, 1.82) is 0 Å². The largest absolute Gasteiger partial charge is 0.459 e. The number of esters is 1. The minimum absolute atomic E-state index is 0.0586. The van der Waals surface area contributed by atoms with Crippen LogP contribution in [0.4, 0.5) is 10.1 Å². The summed E-state index contributed by atoms with van der Waals surface area (Å²) in [6.45, 7) is 3.43. The number of nitro groups is 1. The maximum atomic E-state index is 13.0. The summed E-state index contributed by atoms with van der Waals surface area (Å²) in [4.78, 5) is 34.7. The lowest BCUT2D eigenvalue weighted by Gasteiger charge is -2.21. The zero-order valence-electron chi connectivity index (χ0n) is 14.8. The lowest BCUT2D eigenvalue weighted by Crippen LogP contribution is -2.45. The van der Waals surface area contributed by atoms with E-state index < -0.39 is 28.7 Å². The maximum Gasteiger partial charge on any atom is 0.329 e. The fourth-order valence-electron chi connectivity index (χ4n) is 2.28. The standard InChI is InChI=1S/C19H19FN2O5/c1-12(2)17(21-18(23)14-5-7-15(20)8-6-14)19(24)27-11-13-3-9-16(10-4-13)22(25)26/h3-10,12,17H,11H2,1-2H3,(H,21,23). The number of non-ortho nitro benzene ring substituents is 1. The molecule has 7 nitrogen and oxygen atoms in total. The molecule has 0 saturated heterocycles. The van der Waals surface area contributed by atoms with E-state index in [1.165, 1.54) is 36.4 Å². The summed E-state index contributed by atoms with van der Waals surface area (Å²) in [6, 6.07) is 9.70. The molecule has 2 aromatic rings. The monoisotopic (exact) mass is 374 g/mol. The van der Waals surface area contributed by atoms with Crippen molar-refractivity contribution < 1.29 is 23.6 Å². The molecule has 142 valence electrons. The van der Waals surface area contributed by atoms with Gasteiger partial charge in [-0.15, -0.1) is 0 Å². The lowest BCUT2D eigenvalue weighted by molar-refractivity contribution is -0.384. The number of ether oxygens (including phenoxy) is 1. The van der Waals surface area contributed by atoms with Crippen molar-refractivity contribution in [1.82, 2.24) is 5.32 Å². The Morgan fingerprint density at radius 3 is 2.22 bits per heavy atom. The second-order valence-electron chi connectivity index (χ2n) is 6.23. The first-order valence-corrected chi connectivity index (χ1v) is 8.24. The fraction of sp³-hybridized carbons (Fsp3) is 0.263. The van der Waals surface area contributed by atoms with Crippen molar-refractivity contribution in [2.45, 2.75) is 26.5 Å². The first-order valence-electron chi connectivity index (χ1n) is 8.24. The van der Waals surface area contributed by atoms with E-state index in [1.807, 2.05) is 0 Å². The van der Waals surface area contributed by atoms with Crippen molar-refractivity contribution in [3.63, 3.8) is 0 Å². The number of hydrogen-bond donors (Lipinski definition) is 1. The van der Waals surface area contributed by atoms with Crippen molar-refractivity contribution in [3.8, 4) is 0 Å². The third-order valence-corrected chi connectivity index (χ3v) is 3.84. The zero-order valence-corrected chi connectivity index (χ0v) is 14.8. The van der Waals surface area contributed by atoms with E-state index in [9.17, 15) is 24.1 Å². The van der Waals surface area contributed by atoms with Gasteiger partial charge in [-0.3, -0.25) is 14.9 Å². The molecule has 1 N–H and O–H groups in total. The molecule has 0 spiro atoms. The molecule has 0 aliphatic carbocycles. The van der Waals surface area contributed by atoms with Crippen molar-refractivity contribution >= 4 is 17.6 Å². The molecule has 0 aliphatic rings. The fourth-order valence-corrected chi connectivity index (χ4v) is 2.28. The van der Waals surface area contributed by atoms with Crippen LogP contribution in [0.2, 0.25) is 0 Å². The molecule has 0 fully saturated rings. The predicted octanol–water partition coefficient (Wildman–Crippen LogP) is 3.23. The van der Waals surface area contributed by atoms with Crippen LogP contribution in [-0.4, -0.2) is 22.8 Å². The molecule has 1 atom stereocenters. The van der Waals surface area contributed by atoms with Crippen LogP contribution in [0.1, 0.15) is 29.8 Å². The van der Waals surface area contributed by atoms with E-state index in [0.717, 1.165) is 12.1 Å². The smallest absolute Gasteiger partial charge is 0.329 e. The van der Waals surface area contributed by atoms with Gasteiger partial charge in [0.2, 0.25) is 0 Å². The average Bonchev–Trinajstić information content (AvgIpc) is 2.64. The number of rotatable bonds is 7. The minimum atomic E-state index is -0.888. The van der Waals surface area contributed by atoms with Crippen molar-refractivity contribution in [3.05, 3.63) is 75.6 Å². The molecule has 0 radical (unpaired) electrons. The topological polar surface area (TPSA) is 98.5 Å². The summed E-state index contributed by atoms with van der Waals surface area (Å²) in [7, 11) is 0. The van der Waals surface area contributed by atoms with Gasteiger partial charge in [-0.25, -0.2) is 9.18 Å². The van der Waals surface area contributed by atoms with E-state index in [1.54, 1.807) is 13.8 Å². The van der Waals surface area contributed by atoms with Crippen LogP contribution in [0.3, 0.4) is 0 Å². The normalized spacial score (nSPS) is 11.7. The molecule has 8 heteroatoms. The summed E-state index contributed by atoms with van der Waals surface area (Å²) in [6.07, 6.45) is 0. The SMILES string of the molecule is CC(C)C(NC(=O)c1ccc(F)cc1)C(=O)OCc1ccc([N+](=O)[O-])cc1. The van der Waals surface area contributed by atoms with Crippen LogP contribution in [0.15, 0.2) is 48.5 Å². The molecule has 0 heterocycles. The van der Waals surface area contributed by atoms with Crippen LogP contribution in [0.5, 0.6) is 0 Å².